The van der Waals surface area contributed by atoms with Crippen molar-refractivity contribution in [2.45, 2.75) is 65.0 Å². The maximum absolute atomic E-state index is 4.80. The van der Waals surface area contributed by atoms with Crippen LogP contribution in [0.1, 0.15) is 63.1 Å². The molecule has 0 radical (unpaired) electrons. The van der Waals surface area contributed by atoms with E-state index in [0.29, 0.717) is 12.1 Å². The molecule has 0 saturated carbocycles. The molecule has 116 valence electrons. The highest BCUT2D eigenvalue weighted by Gasteiger charge is 2.29. The van der Waals surface area contributed by atoms with Crippen LogP contribution in [0.2, 0.25) is 0 Å². The third-order valence-corrected chi connectivity index (χ3v) is 5.13. The molecule has 0 amide bonds. The second-order valence-corrected chi connectivity index (χ2v) is 6.94. The zero-order valence-corrected chi connectivity index (χ0v) is 13.8. The molecule has 1 aromatic heterocycles. The van der Waals surface area contributed by atoms with Crippen LogP contribution in [0, 0.1) is 6.92 Å². The van der Waals surface area contributed by atoms with E-state index in [2.05, 4.69) is 42.8 Å². The third-order valence-electron chi connectivity index (χ3n) is 5.13. The topological polar surface area (TPSA) is 19.4 Å². The molecule has 0 N–H and O–H groups in total. The Morgan fingerprint density at radius 2 is 1.86 bits per heavy atom. The molecule has 3 heterocycles. The smallest absolute Gasteiger partial charge is 0.128 e. The Morgan fingerprint density at radius 3 is 2.52 bits per heavy atom. The predicted molar refractivity (Wildman–Crippen MR) is 88.9 cm³/mol. The number of pyridine rings is 1. The second kappa shape index (κ2) is 6.35. The van der Waals surface area contributed by atoms with Crippen LogP contribution in [0.3, 0.4) is 0 Å². The molecular weight excluding hydrogens is 258 g/mol. The first-order chi connectivity index (χ1) is 10.2. The van der Waals surface area contributed by atoms with Crippen LogP contribution in [0.5, 0.6) is 0 Å². The van der Waals surface area contributed by atoms with Crippen molar-refractivity contribution in [3.63, 3.8) is 0 Å². The molecule has 2 aliphatic heterocycles. The van der Waals surface area contributed by atoms with Gasteiger partial charge in [0.25, 0.3) is 0 Å². The van der Waals surface area contributed by atoms with E-state index in [1.807, 2.05) is 0 Å². The van der Waals surface area contributed by atoms with Gasteiger partial charge in [0.05, 0.1) is 0 Å². The zero-order valence-electron chi connectivity index (χ0n) is 13.8. The molecule has 3 heteroatoms. The highest BCUT2D eigenvalue weighted by molar-refractivity contribution is 5.44. The average molecular weight is 287 g/mol. The summed E-state index contributed by atoms with van der Waals surface area (Å²) in [6.45, 7) is 10.5. The Labute approximate surface area is 129 Å². The number of aromatic nitrogens is 1. The highest BCUT2D eigenvalue weighted by Crippen LogP contribution is 2.35. The molecule has 0 unspecified atom stereocenters. The number of nitrogens with zero attached hydrogens (tertiary/aromatic N) is 3. The van der Waals surface area contributed by atoms with Crippen molar-refractivity contribution in [3.05, 3.63) is 23.4 Å². The summed E-state index contributed by atoms with van der Waals surface area (Å²) in [6.07, 6.45) is 8.75. The summed E-state index contributed by atoms with van der Waals surface area (Å²) in [6, 6.07) is 3.52. The first-order valence-electron chi connectivity index (χ1n) is 8.64. The van der Waals surface area contributed by atoms with Gasteiger partial charge in [0, 0.05) is 31.4 Å². The van der Waals surface area contributed by atoms with E-state index in [0.717, 1.165) is 0 Å². The van der Waals surface area contributed by atoms with Crippen molar-refractivity contribution in [3.8, 4) is 0 Å². The van der Waals surface area contributed by atoms with Crippen LogP contribution in [0.4, 0.5) is 5.82 Å². The summed E-state index contributed by atoms with van der Waals surface area (Å²) >= 11 is 0. The van der Waals surface area contributed by atoms with Gasteiger partial charge in [0.15, 0.2) is 0 Å². The minimum atomic E-state index is 0.577. The summed E-state index contributed by atoms with van der Waals surface area (Å²) in [5, 5.41) is 0. The standard InChI is InChI=1S/C18H29N3/c1-14(2)21-11-7-8-17(21)16-13-19-18(12-15(16)3)20-9-5-4-6-10-20/h12-14,17H,4-11H2,1-3H3/t17-/m0/s1. The van der Waals surface area contributed by atoms with E-state index in [4.69, 9.17) is 4.98 Å². The molecule has 2 fully saturated rings. The van der Waals surface area contributed by atoms with Gasteiger partial charge in [-0.1, -0.05) is 0 Å². The lowest BCUT2D eigenvalue weighted by Crippen LogP contribution is -2.32. The Kier molecular flexibility index (Phi) is 4.48. The molecule has 1 atom stereocenters. The summed E-state index contributed by atoms with van der Waals surface area (Å²) in [7, 11) is 0. The maximum Gasteiger partial charge on any atom is 0.128 e. The van der Waals surface area contributed by atoms with Crippen LogP contribution in [0.15, 0.2) is 12.3 Å². The van der Waals surface area contributed by atoms with Gasteiger partial charge in [-0.3, -0.25) is 4.90 Å². The molecule has 0 bridgehead atoms. The van der Waals surface area contributed by atoms with E-state index in [1.165, 1.54) is 68.7 Å². The molecule has 21 heavy (non-hydrogen) atoms. The van der Waals surface area contributed by atoms with Crippen LogP contribution in [-0.4, -0.2) is 35.6 Å². The number of hydrogen-bond acceptors (Lipinski definition) is 3. The zero-order chi connectivity index (χ0) is 14.8. The first kappa shape index (κ1) is 14.8. The Morgan fingerprint density at radius 1 is 1.10 bits per heavy atom. The van der Waals surface area contributed by atoms with E-state index < -0.39 is 0 Å². The van der Waals surface area contributed by atoms with E-state index in [1.54, 1.807) is 0 Å². The van der Waals surface area contributed by atoms with Gasteiger partial charge in [-0.25, -0.2) is 4.98 Å². The van der Waals surface area contributed by atoms with Gasteiger partial charge in [0.1, 0.15) is 5.82 Å². The average Bonchev–Trinajstić information content (AvgIpc) is 2.97. The third kappa shape index (κ3) is 3.08. The number of piperidine rings is 1. The van der Waals surface area contributed by atoms with Crippen molar-refractivity contribution >= 4 is 5.82 Å². The molecule has 2 saturated heterocycles. The van der Waals surface area contributed by atoms with Gasteiger partial charge in [-0.2, -0.15) is 0 Å². The number of rotatable bonds is 3. The van der Waals surface area contributed by atoms with Gasteiger partial charge < -0.3 is 4.90 Å². The number of likely N-dealkylation sites (tertiary alicyclic amines) is 1. The summed E-state index contributed by atoms with van der Waals surface area (Å²) in [4.78, 5) is 9.88. The molecule has 3 nitrogen and oxygen atoms in total. The van der Waals surface area contributed by atoms with Crippen LogP contribution in [0.25, 0.3) is 0 Å². The Bertz CT molecular complexity index is 477. The van der Waals surface area contributed by atoms with E-state index in [-0.39, 0.29) is 0 Å². The quantitative estimate of drug-likeness (QED) is 0.840. The minimum absolute atomic E-state index is 0.577. The molecule has 0 spiro atoms. The van der Waals surface area contributed by atoms with Crippen molar-refractivity contribution in [2.24, 2.45) is 0 Å². The largest absolute Gasteiger partial charge is 0.357 e. The van der Waals surface area contributed by atoms with Crippen LogP contribution in [-0.2, 0) is 0 Å². The Balaban J connectivity index is 1.80. The molecule has 3 rings (SSSR count). The van der Waals surface area contributed by atoms with Crippen molar-refractivity contribution in [1.82, 2.24) is 9.88 Å². The monoisotopic (exact) mass is 287 g/mol. The predicted octanol–water partition coefficient (Wildman–Crippen LogP) is 3.93. The second-order valence-electron chi connectivity index (χ2n) is 6.94. The van der Waals surface area contributed by atoms with Crippen molar-refractivity contribution in [2.75, 3.05) is 24.5 Å². The van der Waals surface area contributed by atoms with Gasteiger partial charge in [0.2, 0.25) is 0 Å². The molecule has 0 aliphatic carbocycles. The molecule has 2 aliphatic rings. The summed E-state index contributed by atoms with van der Waals surface area (Å²) in [5.41, 5.74) is 2.87. The van der Waals surface area contributed by atoms with E-state index in [9.17, 15) is 0 Å². The SMILES string of the molecule is Cc1cc(N2CCCCC2)ncc1[C@@H]1CCCN1C(C)C. The number of aryl methyl sites for hydroxylation is 1. The van der Waals surface area contributed by atoms with Crippen LogP contribution >= 0.6 is 0 Å². The van der Waals surface area contributed by atoms with Crippen molar-refractivity contribution in [1.29, 1.82) is 0 Å². The molecule has 0 aromatic carbocycles. The fourth-order valence-corrected chi connectivity index (χ4v) is 3.94. The number of hydrogen-bond donors (Lipinski definition) is 0. The van der Waals surface area contributed by atoms with Gasteiger partial charge >= 0.3 is 0 Å². The highest BCUT2D eigenvalue weighted by atomic mass is 15.2. The lowest BCUT2D eigenvalue weighted by Gasteiger charge is -2.31. The first-order valence-corrected chi connectivity index (χ1v) is 8.64. The summed E-state index contributed by atoms with van der Waals surface area (Å²) < 4.78 is 0. The normalized spacial score (nSPS) is 24.0. The van der Waals surface area contributed by atoms with E-state index >= 15 is 0 Å². The number of anilines is 1. The van der Waals surface area contributed by atoms with Gasteiger partial charge in [-0.15, -0.1) is 0 Å². The lowest BCUT2D eigenvalue weighted by molar-refractivity contribution is 0.205. The molecular formula is C18H29N3. The molecule has 1 aromatic rings. The maximum atomic E-state index is 4.80. The summed E-state index contributed by atoms with van der Waals surface area (Å²) in [5.74, 6) is 1.19. The lowest BCUT2D eigenvalue weighted by atomic mass is 10.0. The fourth-order valence-electron chi connectivity index (χ4n) is 3.94. The van der Waals surface area contributed by atoms with Crippen LogP contribution < -0.4 is 4.90 Å². The minimum Gasteiger partial charge on any atom is -0.357 e. The fraction of sp³-hybridized carbons (Fsp3) is 0.722. The van der Waals surface area contributed by atoms with Gasteiger partial charge in [-0.05, 0) is 76.6 Å². The van der Waals surface area contributed by atoms with Crippen molar-refractivity contribution < 1.29 is 0 Å². The Hall–Kier alpha value is -1.09.